The number of benzene rings is 4. The van der Waals surface area contributed by atoms with Crippen LogP contribution in [0.3, 0.4) is 0 Å². The third kappa shape index (κ3) is 14.2. The molecule has 362 valence electrons. The van der Waals surface area contributed by atoms with E-state index >= 15 is 0 Å². The Hall–Kier alpha value is -9.80. The number of aromatic amines is 1. The molecular formula is C57H50N12O4. The molecule has 0 aliphatic rings. The molecule has 0 unspecified atom stereocenters. The molecule has 0 saturated heterocycles. The first-order valence-electron chi connectivity index (χ1n) is 23.1. The van der Waals surface area contributed by atoms with E-state index in [2.05, 4.69) is 57.7 Å². The van der Waals surface area contributed by atoms with E-state index in [0.717, 1.165) is 44.7 Å². The number of anilines is 4. The van der Waals surface area contributed by atoms with Gasteiger partial charge < -0.3 is 31.2 Å². The minimum atomic E-state index is -0.316. The Morgan fingerprint density at radius 3 is 1.92 bits per heavy atom. The summed E-state index contributed by atoms with van der Waals surface area (Å²) in [6, 6.07) is 40.1. The molecule has 73 heavy (non-hydrogen) atoms. The lowest BCUT2D eigenvalue weighted by molar-refractivity contribution is -0.112. The smallest absolute Gasteiger partial charge is 0.255 e. The molecule has 5 aromatic heterocycles. The first kappa shape index (κ1) is 49.6. The van der Waals surface area contributed by atoms with Gasteiger partial charge in [-0.15, -0.1) is 0 Å². The van der Waals surface area contributed by atoms with Crippen LogP contribution in [0, 0.1) is 0 Å². The van der Waals surface area contributed by atoms with E-state index in [1.54, 1.807) is 97.7 Å². The zero-order chi connectivity index (χ0) is 50.9. The highest BCUT2D eigenvalue weighted by atomic mass is 16.2. The summed E-state index contributed by atoms with van der Waals surface area (Å²) < 4.78 is 0. The fourth-order valence-corrected chi connectivity index (χ4v) is 7.36. The Kier molecular flexibility index (Phi) is 16.4. The highest BCUT2D eigenvalue weighted by molar-refractivity contribution is 6.06. The first-order valence-corrected chi connectivity index (χ1v) is 23.1. The van der Waals surface area contributed by atoms with Crippen molar-refractivity contribution in [2.45, 2.75) is 12.8 Å². The summed E-state index contributed by atoms with van der Waals surface area (Å²) in [5.74, 6) is 0.288. The van der Waals surface area contributed by atoms with Gasteiger partial charge in [0.05, 0.1) is 11.4 Å². The monoisotopic (exact) mass is 966 g/mol. The number of rotatable bonds is 16. The third-order valence-electron chi connectivity index (χ3n) is 10.9. The number of amides is 4. The van der Waals surface area contributed by atoms with Gasteiger partial charge in [-0.1, -0.05) is 49.1 Å². The zero-order valence-electron chi connectivity index (χ0n) is 40.0. The molecule has 0 saturated carbocycles. The quantitative estimate of drug-likeness (QED) is 0.0576. The van der Waals surface area contributed by atoms with Crippen molar-refractivity contribution in [3.05, 3.63) is 229 Å². The van der Waals surface area contributed by atoms with Gasteiger partial charge in [0.25, 0.3) is 11.8 Å². The van der Waals surface area contributed by atoms with E-state index in [1.165, 1.54) is 12.2 Å². The molecule has 5 heterocycles. The van der Waals surface area contributed by atoms with Gasteiger partial charge >= 0.3 is 0 Å². The normalized spacial score (nSPS) is 10.8. The maximum Gasteiger partial charge on any atom is 0.255 e. The minimum Gasteiger partial charge on any atom is -0.346 e. The van der Waals surface area contributed by atoms with Crippen molar-refractivity contribution >= 4 is 57.4 Å². The summed E-state index contributed by atoms with van der Waals surface area (Å²) >= 11 is 0. The Labute approximate surface area is 421 Å². The van der Waals surface area contributed by atoms with Gasteiger partial charge in [-0.2, -0.15) is 0 Å². The summed E-state index contributed by atoms with van der Waals surface area (Å²) in [5, 5.41) is 12.1. The van der Waals surface area contributed by atoms with Crippen LogP contribution < -0.4 is 21.3 Å². The van der Waals surface area contributed by atoms with Crippen molar-refractivity contribution < 1.29 is 19.2 Å². The zero-order valence-corrected chi connectivity index (χ0v) is 40.0. The van der Waals surface area contributed by atoms with E-state index in [1.807, 2.05) is 98.0 Å². The van der Waals surface area contributed by atoms with Crippen LogP contribution in [0.4, 0.5) is 22.7 Å². The van der Waals surface area contributed by atoms with Crippen LogP contribution in [0.5, 0.6) is 0 Å². The number of hydrogen-bond acceptors (Lipinski definition) is 11. The van der Waals surface area contributed by atoms with Gasteiger partial charge in [0, 0.05) is 113 Å². The van der Waals surface area contributed by atoms with Crippen LogP contribution in [0.2, 0.25) is 0 Å². The molecule has 16 nitrogen and oxygen atoms in total. The lowest BCUT2D eigenvalue weighted by Gasteiger charge is -2.09. The number of H-pyrrole nitrogens is 1. The number of hydrogen-bond donors (Lipinski definition) is 5. The predicted molar refractivity (Wildman–Crippen MR) is 285 cm³/mol. The number of nitrogens with zero attached hydrogens (tertiary/aromatic N) is 7. The van der Waals surface area contributed by atoms with E-state index in [0.29, 0.717) is 64.9 Å². The van der Waals surface area contributed by atoms with Gasteiger partial charge in [0.2, 0.25) is 11.8 Å². The number of carbonyl (C=O) groups is 4. The Balaban J connectivity index is 0.000000199. The molecule has 0 spiro atoms. The standard InChI is InChI=1S/C31H29N7O2.C26H21N5O2/c1-38(2)17-5-9-28(39)34-25-8-3-6-22(19-25)31(40)35-24-12-10-21(11-13-24)18-27-36-29(23-7-4-15-32-20-23)26-14-16-33-30(26)37-27;1-2-25(32)29-21-6-3-7-22(16-21)30-26(33)19-10-8-18(9-11-19)15-24-28-14-12-23(31-24)20-5-4-13-27-17-20/h3-16,19-20H,17-18H2,1-2H3,(H,34,39)(H,35,40)(H,33,36,37);2-14,16-17H,1,15H2,(H,29,32)(H,30,33)/b9-5+;. The van der Waals surface area contributed by atoms with E-state index in [4.69, 9.17) is 4.98 Å². The van der Waals surface area contributed by atoms with Crippen LogP contribution >= 0.6 is 0 Å². The molecule has 0 atom stereocenters. The van der Waals surface area contributed by atoms with E-state index in [-0.39, 0.29) is 23.6 Å². The highest BCUT2D eigenvalue weighted by Gasteiger charge is 2.14. The SMILES string of the molecule is C=CC(=O)Nc1cccc(NC(=O)c2ccc(Cc3nccc(-c4cccnc4)n3)cc2)c1.CN(C)C/C=C/C(=O)Nc1cccc(C(=O)Nc2ccc(Cc3nc(-c4cccnc4)c4cc[nH]c4n3)cc2)c1. The van der Waals surface area contributed by atoms with E-state index in [9.17, 15) is 19.2 Å². The lowest BCUT2D eigenvalue weighted by Crippen LogP contribution is -2.14. The van der Waals surface area contributed by atoms with Crippen LogP contribution in [-0.2, 0) is 22.4 Å². The summed E-state index contributed by atoms with van der Waals surface area (Å²) in [6.07, 6.45) is 16.1. The number of aromatic nitrogens is 7. The fourth-order valence-electron chi connectivity index (χ4n) is 7.36. The average Bonchev–Trinajstić information content (AvgIpc) is 3.89. The minimum absolute atomic E-state index is 0.247. The molecule has 0 bridgehead atoms. The maximum atomic E-state index is 12.9. The second-order valence-electron chi connectivity index (χ2n) is 16.7. The Bertz CT molecular complexity index is 3400. The summed E-state index contributed by atoms with van der Waals surface area (Å²) in [5.41, 5.74) is 9.59. The summed E-state index contributed by atoms with van der Waals surface area (Å²) in [4.78, 5) is 81.1. The molecule has 9 aromatic rings. The van der Waals surface area contributed by atoms with Gasteiger partial charge in [0.1, 0.15) is 17.3 Å². The number of carbonyl (C=O) groups excluding carboxylic acids is 4. The topological polar surface area (TPSA) is 213 Å². The number of likely N-dealkylation sites (N-methyl/N-ethyl adjacent to an activating group) is 1. The maximum absolute atomic E-state index is 12.9. The molecule has 4 aromatic carbocycles. The van der Waals surface area contributed by atoms with Gasteiger partial charge in [0.15, 0.2) is 0 Å². The Morgan fingerprint density at radius 2 is 1.22 bits per heavy atom. The largest absolute Gasteiger partial charge is 0.346 e. The molecular weight excluding hydrogens is 917 g/mol. The molecule has 0 aliphatic carbocycles. The van der Waals surface area contributed by atoms with Crippen LogP contribution in [0.25, 0.3) is 33.5 Å². The van der Waals surface area contributed by atoms with Crippen LogP contribution in [0.15, 0.2) is 195 Å². The molecule has 0 fully saturated rings. The predicted octanol–water partition coefficient (Wildman–Crippen LogP) is 9.43. The van der Waals surface area contributed by atoms with Gasteiger partial charge in [-0.05, 0) is 128 Å². The fraction of sp³-hybridized carbons (Fsp3) is 0.0877. The number of nitrogens with one attached hydrogen (secondary N) is 5. The number of pyridine rings is 2. The van der Waals surface area contributed by atoms with Crippen molar-refractivity contribution in [3.8, 4) is 22.5 Å². The van der Waals surface area contributed by atoms with Gasteiger partial charge in [-0.3, -0.25) is 29.1 Å². The molecule has 4 amide bonds. The second kappa shape index (κ2) is 24.2. The summed E-state index contributed by atoms with van der Waals surface area (Å²) in [6.45, 7) is 4.09. The van der Waals surface area contributed by atoms with Gasteiger partial charge in [-0.25, -0.2) is 19.9 Å². The molecule has 0 aliphatic heterocycles. The molecule has 9 rings (SSSR count). The average molecular weight is 967 g/mol. The first-order chi connectivity index (χ1) is 35.5. The van der Waals surface area contributed by atoms with E-state index < -0.39 is 0 Å². The second-order valence-corrected chi connectivity index (χ2v) is 16.7. The van der Waals surface area contributed by atoms with Crippen molar-refractivity contribution in [1.82, 2.24) is 39.8 Å². The third-order valence-corrected chi connectivity index (χ3v) is 10.9. The van der Waals surface area contributed by atoms with Crippen molar-refractivity contribution in [1.29, 1.82) is 0 Å². The lowest BCUT2D eigenvalue weighted by atomic mass is 10.1. The molecule has 5 N–H and O–H groups in total. The van der Waals surface area contributed by atoms with Crippen molar-refractivity contribution in [2.75, 3.05) is 41.9 Å². The highest BCUT2D eigenvalue weighted by Crippen LogP contribution is 2.26. The Morgan fingerprint density at radius 1 is 0.589 bits per heavy atom. The summed E-state index contributed by atoms with van der Waals surface area (Å²) in [7, 11) is 3.85. The van der Waals surface area contributed by atoms with Crippen LogP contribution in [-0.4, -0.2) is 84.1 Å². The number of fused-ring (bicyclic) bond motifs is 1. The van der Waals surface area contributed by atoms with Crippen LogP contribution in [0.1, 0.15) is 43.5 Å². The molecule has 0 radical (unpaired) electrons. The molecule has 16 heteroatoms. The van der Waals surface area contributed by atoms with Crippen molar-refractivity contribution in [3.63, 3.8) is 0 Å². The van der Waals surface area contributed by atoms with Crippen molar-refractivity contribution in [2.24, 2.45) is 0 Å².